The molecule has 1 aromatic rings. The van der Waals surface area contributed by atoms with Gasteiger partial charge in [-0.3, -0.25) is 0 Å². The molecule has 22 heavy (non-hydrogen) atoms. The van der Waals surface area contributed by atoms with E-state index in [9.17, 15) is 15.3 Å². The Labute approximate surface area is 133 Å². The molecule has 124 valence electrons. The summed E-state index contributed by atoms with van der Waals surface area (Å²) in [6, 6.07) is 6.96. The van der Waals surface area contributed by atoms with Gasteiger partial charge in [0.15, 0.2) is 5.06 Å². The summed E-state index contributed by atoms with van der Waals surface area (Å²) in [5.74, 6) is 0.694. The number of alkyl halides is 1. The number of rotatable bonds is 5. The maximum absolute atomic E-state index is 10.6. The van der Waals surface area contributed by atoms with E-state index in [1.54, 1.807) is 24.3 Å². The van der Waals surface area contributed by atoms with Crippen molar-refractivity contribution in [3.8, 4) is 5.75 Å². The molecule has 1 saturated heterocycles. The van der Waals surface area contributed by atoms with Crippen molar-refractivity contribution in [1.29, 1.82) is 0 Å². The molecule has 7 heteroatoms. The first-order valence-corrected chi connectivity index (χ1v) is 7.48. The van der Waals surface area contributed by atoms with Crippen LogP contribution in [0.15, 0.2) is 24.3 Å². The lowest BCUT2D eigenvalue weighted by Gasteiger charge is -2.48. The summed E-state index contributed by atoms with van der Waals surface area (Å²) in [7, 11) is 0. The standard InChI is InChI=1S/C15H21ClO6/c1-2-21-11-5-3-10(4-6-11)7-14(19)9-22-12(8-17)13(18)15(14,16)20/h3-6,12-13,17-20H,2,7-9H2,1H3. The van der Waals surface area contributed by atoms with Crippen LogP contribution in [0, 0.1) is 0 Å². The third kappa shape index (κ3) is 3.22. The number of hydrogen-bond acceptors (Lipinski definition) is 6. The van der Waals surface area contributed by atoms with Crippen molar-refractivity contribution in [2.45, 2.75) is 36.2 Å². The smallest absolute Gasteiger partial charge is 0.198 e. The summed E-state index contributed by atoms with van der Waals surface area (Å²) in [6.07, 6.45) is -2.67. The Morgan fingerprint density at radius 2 is 1.95 bits per heavy atom. The summed E-state index contributed by atoms with van der Waals surface area (Å²) in [6.45, 7) is 1.62. The highest BCUT2D eigenvalue weighted by Gasteiger charge is 2.59. The lowest BCUT2D eigenvalue weighted by atomic mass is 9.82. The maximum atomic E-state index is 10.6. The van der Waals surface area contributed by atoms with Crippen LogP contribution in [0.5, 0.6) is 5.75 Å². The molecule has 1 aliphatic rings. The molecule has 0 spiro atoms. The fourth-order valence-electron chi connectivity index (χ4n) is 2.49. The van der Waals surface area contributed by atoms with E-state index in [1.165, 1.54) is 0 Å². The third-order valence-corrected chi connectivity index (χ3v) is 4.42. The van der Waals surface area contributed by atoms with Crippen LogP contribution in [-0.2, 0) is 11.2 Å². The van der Waals surface area contributed by atoms with E-state index in [1.807, 2.05) is 6.92 Å². The van der Waals surface area contributed by atoms with E-state index in [0.29, 0.717) is 17.9 Å². The number of aliphatic hydroxyl groups is 4. The van der Waals surface area contributed by atoms with E-state index in [2.05, 4.69) is 0 Å². The molecule has 4 unspecified atom stereocenters. The van der Waals surface area contributed by atoms with Gasteiger partial charge in [0.05, 0.1) is 19.8 Å². The van der Waals surface area contributed by atoms with Crippen molar-refractivity contribution >= 4 is 11.6 Å². The van der Waals surface area contributed by atoms with Crippen LogP contribution in [-0.4, -0.2) is 63.1 Å². The number of halogens is 1. The van der Waals surface area contributed by atoms with Crippen LogP contribution in [0.3, 0.4) is 0 Å². The van der Waals surface area contributed by atoms with Gasteiger partial charge in [-0.2, -0.15) is 0 Å². The average Bonchev–Trinajstić information content (AvgIpc) is 2.48. The summed E-state index contributed by atoms with van der Waals surface area (Å²) in [5, 5.41) is 37.7. The molecule has 0 aromatic heterocycles. The molecular weight excluding hydrogens is 312 g/mol. The second kappa shape index (κ2) is 6.70. The summed E-state index contributed by atoms with van der Waals surface area (Å²) >= 11 is 5.97. The maximum Gasteiger partial charge on any atom is 0.198 e. The number of ether oxygens (including phenoxy) is 2. The van der Waals surface area contributed by atoms with Crippen molar-refractivity contribution in [1.82, 2.24) is 0 Å². The lowest BCUT2D eigenvalue weighted by molar-refractivity contribution is -0.258. The minimum Gasteiger partial charge on any atom is -0.494 e. The first-order valence-electron chi connectivity index (χ1n) is 7.10. The van der Waals surface area contributed by atoms with Gasteiger partial charge < -0.3 is 29.9 Å². The van der Waals surface area contributed by atoms with Crippen LogP contribution in [0.1, 0.15) is 12.5 Å². The molecule has 0 aliphatic carbocycles. The Morgan fingerprint density at radius 1 is 1.32 bits per heavy atom. The Kier molecular flexibility index (Phi) is 5.32. The molecule has 1 aliphatic heterocycles. The average molecular weight is 333 g/mol. The van der Waals surface area contributed by atoms with Crippen molar-refractivity contribution in [3.05, 3.63) is 29.8 Å². The van der Waals surface area contributed by atoms with Crippen molar-refractivity contribution in [3.63, 3.8) is 0 Å². The lowest BCUT2D eigenvalue weighted by Crippen LogP contribution is -2.69. The van der Waals surface area contributed by atoms with Gasteiger partial charge in [0.25, 0.3) is 0 Å². The molecule has 4 atom stereocenters. The van der Waals surface area contributed by atoms with Crippen LogP contribution in [0.4, 0.5) is 0 Å². The SMILES string of the molecule is CCOc1ccc(CC2(O)COC(CO)C(O)C2(O)Cl)cc1. The molecule has 6 nitrogen and oxygen atoms in total. The van der Waals surface area contributed by atoms with Gasteiger partial charge in [-0.05, 0) is 24.6 Å². The highest BCUT2D eigenvalue weighted by Crippen LogP contribution is 2.39. The molecule has 0 amide bonds. The molecule has 2 rings (SSSR count). The Bertz CT molecular complexity index is 491. The largest absolute Gasteiger partial charge is 0.494 e. The minimum absolute atomic E-state index is 0.0192. The van der Waals surface area contributed by atoms with Gasteiger partial charge in [-0.25, -0.2) is 0 Å². The summed E-state index contributed by atoms with van der Waals surface area (Å²) < 4.78 is 10.5. The van der Waals surface area contributed by atoms with Crippen LogP contribution in [0.2, 0.25) is 0 Å². The van der Waals surface area contributed by atoms with Crippen molar-refractivity contribution in [2.75, 3.05) is 19.8 Å². The fourth-order valence-corrected chi connectivity index (χ4v) is 2.76. The zero-order valence-electron chi connectivity index (χ0n) is 12.3. The second-order valence-corrected chi connectivity index (χ2v) is 6.01. The predicted molar refractivity (Wildman–Crippen MR) is 79.9 cm³/mol. The first kappa shape index (κ1) is 17.5. The highest BCUT2D eigenvalue weighted by molar-refractivity contribution is 6.24. The zero-order valence-corrected chi connectivity index (χ0v) is 13.0. The summed E-state index contributed by atoms with van der Waals surface area (Å²) in [4.78, 5) is 0. The van der Waals surface area contributed by atoms with Gasteiger partial charge in [-0.1, -0.05) is 23.7 Å². The van der Waals surface area contributed by atoms with Crippen LogP contribution in [0.25, 0.3) is 0 Å². The normalized spacial score (nSPS) is 35.4. The van der Waals surface area contributed by atoms with E-state index >= 15 is 0 Å². The molecular formula is C15H21ClO6. The highest BCUT2D eigenvalue weighted by atomic mass is 35.5. The topological polar surface area (TPSA) is 99.4 Å². The van der Waals surface area contributed by atoms with E-state index in [-0.39, 0.29) is 13.0 Å². The van der Waals surface area contributed by atoms with Gasteiger partial charge in [0, 0.05) is 6.42 Å². The number of hydrogen-bond donors (Lipinski definition) is 4. The van der Waals surface area contributed by atoms with Crippen molar-refractivity contribution in [2.24, 2.45) is 0 Å². The van der Waals surface area contributed by atoms with Crippen LogP contribution < -0.4 is 4.74 Å². The van der Waals surface area contributed by atoms with E-state index in [0.717, 1.165) is 0 Å². The van der Waals surface area contributed by atoms with Crippen LogP contribution >= 0.6 is 11.6 Å². The molecule has 1 aromatic carbocycles. The second-order valence-electron chi connectivity index (χ2n) is 5.44. The van der Waals surface area contributed by atoms with Gasteiger partial charge in [0.1, 0.15) is 23.6 Å². The van der Waals surface area contributed by atoms with Gasteiger partial charge >= 0.3 is 0 Å². The number of benzene rings is 1. The molecule has 1 fully saturated rings. The molecule has 0 radical (unpaired) electrons. The molecule has 4 N–H and O–H groups in total. The van der Waals surface area contributed by atoms with E-state index < -0.39 is 29.5 Å². The monoisotopic (exact) mass is 332 g/mol. The third-order valence-electron chi connectivity index (χ3n) is 3.84. The zero-order chi connectivity index (χ0) is 16.4. The molecule has 0 bridgehead atoms. The molecule has 1 heterocycles. The summed E-state index contributed by atoms with van der Waals surface area (Å²) in [5.41, 5.74) is -1.18. The Balaban J connectivity index is 2.16. The minimum atomic E-state index is -2.32. The Hall–Kier alpha value is -0.890. The van der Waals surface area contributed by atoms with Crippen molar-refractivity contribution < 1.29 is 29.9 Å². The van der Waals surface area contributed by atoms with Gasteiger partial charge in [-0.15, -0.1) is 0 Å². The fraction of sp³-hybridized carbons (Fsp3) is 0.600. The Morgan fingerprint density at radius 3 is 2.50 bits per heavy atom. The van der Waals surface area contributed by atoms with Gasteiger partial charge in [0.2, 0.25) is 0 Å². The quantitative estimate of drug-likeness (QED) is 0.568. The predicted octanol–water partition coefficient (Wildman–Crippen LogP) is 0.0383. The first-order chi connectivity index (χ1) is 10.3. The van der Waals surface area contributed by atoms with E-state index in [4.69, 9.17) is 26.2 Å². The number of aliphatic hydroxyl groups excluding tert-OH is 2. The molecule has 0 saturated carbocycles.